The Morgan fingerprint density at radius 3 is 0.900 bits per heavy atom. The summed E-state index contributed by atoms with van der Waals surface area (Å²) in [7, 11) is 0. The van der Waals surface area contributed by atoms with Gasteiger partial charge in [-0.1, -0.05) is 243 Å². The Hall–Kier alpha value is -10.3. The molecular formula is C78H48N2. The molecule has 370 valence electrons. The van der Waals surface area contributed by atoms with Crippen LogP contribution in [0.4, 0.5) is 34.1 Å². The van der Waals surface area contributed by atoms with E-state index < -0.39 is 10.8 Å². The summed E-state index contributed by atoms with van der Waals surface area (Å²) < 4.78 is 0. The van der Waals surface area contributed by atoms with Crippen molar-refractivity contribution >= 4 is 77.2 Å². The Bertz CT molecular complexity index is 4560. The lowest BCUT2D eigenvalue weighted by Gasteiger charge is -2.45. The van der Waals surface area contributed by atoms with E-state index in [1.807, 2.05) is 0 Å². The molecule has 4 aliphatic rings. The fraction of sp³-hybridized carbons (Fsp3) is 0.0256. The molecule has 80 heavy (non-hydrogen) atoms. The molecule has 2 aliphatic carbocycles. The van der Waals surface area contributed by atoms with Crippen LogP contribution in [0, 0.1) is 0 Å². The number of rotatable bonds is 3. The monoisotopic (exact) mass is 1010 g/mol. The van der Waals surface area contributed by atoms with Crippen molar-refractivity contribution in [2.45, 2.75) is 10.8 Å². The predicted molar refractivity (Wildman–Crippen MR) is 333 cm³/mol. The van der Waals surface area contributed by atoms with Gasteiger partial charge in [0.05, 0.1) is 45.0 Å². The maximum absolute atomic E-state index is 2.59. The second kappa shape index (κ2) is 16.1. The minimum Gasteiger partial charge on any atom is -0.309 e. The van der Waals surface area contributed by atoms with Gasteiger partial charge in [-0.2, -0.15) is 0 Å². The molecule has 0 aromatic heterocycles. The third-order valence-corrected chi connectivity index (χ3v) is 18.6. The molecule has 2 spiro atoms. The van der Waals surface area contributed by atoms with E-state index in [4.69, 9.17) is 0 Å². The lowest BCUT2D eigenvalue weighted by molar-refractivity contribution is 0.753. The van der Waals surface area contributed by atoms with Crippen LogP contribution in [0.25, 0.3) is 76.5 Å². The maximum atomic E-state index is 2.59. The normalized spacial score (nSPS) is 14.4. The molecule has 0 saturated heterocycles. The van der Waals surface area contributed by atoms with Crippen LogP contribution in [0.5, 0.6) is 0 Å². The molecule has 18 rings (SSSR count). The Balaban J connectivity index is 0.962. The first-order chi connectivity index (χ1) is 39.7. The summed E-state index contributed by atoms with van der Waals surface area (Å²) in [5, 5.41) is 9.74. The molecule has 0 unspecified atom stereocenters. The van der Waals surface area contributed by atoms with Crippen molar-refractivity contribution in [2.75, 3.05) is 9.80 Å². The topological polar surface area (TPSA) is 6.48 Å². The summed E-state index contributed by atoms with van der Waals surface area (Å²) in [4.78, 5) is 5.17. The Kier molecular flexibility index (Phi) is 8.83. The standard InChI is InChI=1S/C78H48N2/c1-2-24-50-49(23-1)47-61(52-26-4-3-25-51(50)52)76-57-31-21-45-70(79-72-41-17-13-37-66(72)77(67-38-14-18-42-73(67)79)62-33-9-5-27-53(62)54-28-6-10-34-63(54)77)59(57)48-60-58(76)32-22-46-71(60)80-74-43-19-15-39-68(74)78(69-40-16-20-44-75(69)80)64-35-11-7-29-55(64)56-30-8-12-36-65(56)78/h1-48H. The number of hydrogen-bond donors (Lipinski definition) is 0. The van der Waals surface area contributed by atoms with Crippen molar-refractivity contribution in [1.29, 1.82) is 0 Å². The summed E-state index contributed by atoms with van der Waals surface area (Å²) in [6, 6.07) is 110. The molecule has 0 bridgehead atoms. The van der Waals surface area contributed by atoms with Gasteiger partial charge in [0, 0.05) is 10.8 Å². The van der Waals surface area contributed by atoms with Gasteiger partial charge in [-0.25, -0.2) is 0 Å². The van der Waals surface area contributed by atoms with E-state index in [0.717, 1.165) is 11.4 Å². The van der Waals surface area contributed by atoms with E-state index in [9.17, 15) is 0 Å². The van der Waals surface area contributed by atoms with Gasteiger partial charge in [0.2, 0.25) is 0 Å². The molecule has 2 heterocycles. The van der Waals surface area contributed by atoms with Gasteiger partial charge < -0.3 is 9.80 Å². The van der Waals surface area contributed by atoms with Gasteiger partial charge in [-0.3, -0.25) is 0 Å². The van der Waals surface area contributed by atoms with Crippen LogP contribution < -0.4 is 9.80 Å². The smallest absolute Gasteiger partial charge is 0.0754 e. The number of para-hydroxylation sites is 4. The number of anilines is 6. The second-order valence-electron chi connectivity index (χ2n) is 22.1. The average molecular weight is 1010 g/mol. The zero-order chi connectivity index (χ0) is 52.3. The lowest BCUT2D eigenvalue weighted by atomic mass is 9.64. The van der Waals surface area contributed by atoms with Gasteiger partial charge in [-0.15, -0.1) is 0 Å². The SMILES string of the molecule is c1ccc2c(c1)-c1ccccc1C21c2ccccc2N(c2cccc3c(-c4cc5ccccc5c5ccccc45)c4cccc(N5c6ccccc6C6(c7ccccc7-c7ccccc76)c6ccccc65)c4cc23)c2ccccc21. The molecule has 2 nitrogen and oxygen atoms in total. The minimum atomic E-state index is -0.525. The van der Waals surface area contributed by atoms with Crippen molar-refractivity contribution in [3.63, 3.8) is 0 Å². The summed E-state index contributed by atoms with van der Waals surface area (Å²) in [6.07, 6.45) is 0. The van der Waals surface area contributed by atoms with E-state index in [1.165, 1.54) is 144 Å². The Morgan fingerprint density at radius 1 is 0.188 bits per heavy atom. The number of fused-ring (bicyclic) bond motifs is 23. The van der Waals surface area contributed by atoms with E-state index in [-0.39, 0.29) is 0 Å². The van der Waals surface area contributed by atoms with E-state index >= 15 is 0 Å². The largest absolute Gasteiger partial charge is 0.309 e. The third-order valence-electron chi connectivity index (χ3n) is 18.6. The molecule has 0 fully saturated rings. The molecular weight excluding hydrogens is 965 g/mol. The highest BCUT2D eigenvalue weighted by molar-refractivity contribution is 6.25. The van der Waals surface area contributed by atoms with E-state index in [0.29, 0.717) is 0 Å². The quantitative estimate of drug-likeness (QED) is 0.129. The van der Waals surface area contributed by atoms with Crippen molar-refractivity contribution in [3.05, 3.63) is 336 Å². The van der Waals surface area contributed by atoms with Crippen LogP contribution in [0.15, 0.2) is 291 Å². The molecule has 0 saturated carbocycles. The van der Waals surface area contributed by atoms with Gasteiger partial charge in [0.25, 0.3) is 0 Å². The first-order valence-electron chi connectivity index (χ1n) is 28.0. The maximum Gasteiger partial charge on any atom is 0.0754 e. The molecule has 0 radical (unpaired) electrons. The van der Waals surface area contributed by atoms with Gasteiger partial charge in [-0.05, 0) is 159 Å². The molecule has 0 atom stereocenters. The fourth-order valence-electron chi connectivity index (χ4n) is 15.7. The summed E-state index contributed by atoms with van der Waals surface area (Å²) in [5.74, 6) is 0. The Labute approximate surface area is 464 Å². The van der Waals surface area contributed by atoms with Gasteiger partial charge in [0.15, 0.2) is 0 Å². The van der Waals surface area contributed by atoms with Crippen molar-refractivity contribution in [3.8, 4) is 33.4 Å². The minimum absolute atomic E-state index is 0.525. The van der Waals surface area contributed by atoms with Crippen molar-refractivity contribution < 1.29 is 0 Å². The molecule has 0 N–H and O–H groups in total. The number of benzene rings is 14. The highest BCUT2D eigenvalue weighted by Gasteiger charge is 2.53. The molecule has 0 amide bonds. The number of hydrogen-bond acceptors (Lipinski definition) is 2. The van der Waals surface area contributed by atoms with Crippen LogP contribution in [-0.2, 0) is 10.8 Å². The zero-order valence-electron chi connectivity index (χ0n) is 43.6. The van der Waals surface area contributed by atoms with Crippen LogP contribution in [0.2, 0.25) is 0 Å². The average Bonchev–Trinajstić information content (AvgIpc) is 3.64. The summed E-state index contributed by atoms with van der Waals surface area (Å²) in [5.41, 5.74) is 24.0. The van der Waals surface area contributed by atoms with Crippen LogP contribution in [0.3, 0.4) is 0 Å². The molecule has 14 aromatic rings. The Morgan fingerprint density at radius 2 is 0.487 bits per heavy atom. The first-order valence-corrected chi connectivity index (χ1v) is 28.0. The van der Waals surface area contributed by atoms with Crippen LogP contribution >= 0.6 is 0 Å². The molecule has 2 aliphatic heterocycles. The molecule has 14 aromatic carbocycles. The highest BCUT2D eigenvalue weighted by Crippen LogP contribution is 2.66. The van der Waals surface area contributed by atoms with Gasteiger partial charge in [0.1, 0.15) is 0 Å². The number of nitrogens with zero attached hydrogens (tertiary/aromatic N) is 2. The highest BCUT2D eigenvalue weighted by atomic mass is 15.2. The van der Waals surface area contributed by atoms with E-state index in [2.05, 4.69) is 301 Å². The molecule has 2 heteroatoms. The third kappa shape index (κ3) is 5.43. The van der Waals surface area contributed by atoms with Crippen LogP contribution in [0.1, 0.15) is 44.5 Å². The van der Waals surface area contributed by atoms with E-state index in [1.54, 1.807) is 0 Å². The summed E-state index contributed by atoms with van der Waals surface area (Å²) >= 11 is 0. The van der Waals surface area contributed by atoms with Crippen LogP contribution in [-0.4, -0.2) is 0 Å². The zero-order valence-corrected chi connectivity index (χ0v) is 43.6. The predicted octanol–water partition coefficient (Wildman–Crippen LogP) is 20.3. The van der Waals surface area contributed by atoms with Crippen molar-refractivity contribution in [2.24, 2.45) is 0 Å². The first kappa shape index (κ1) is 43.8. The summed E-state index contributed by atoms with van der Waals surface area (Å²) in [6.45, 7) is 0. The fourth-order valence-corrected chi connectivity index (χ4v) is 15.7. The van der Waals surface area contributed by atoms with Crippen molar-refractivity contribution in [1.82, 2.24) is 0 Å². The second-order valence-corrected chi connectivity index (χ2v) is 22.1. The van der Waals surface area contributed by atoms with Gasteiger partial charge >= 0.3 is 0 Å². The lowest BCUT2D eigenvalue weighted by Crippen LogP contribution is -2.36.